The maximum atomic E-state index is 13.0. The molecule has 0 spiro atoms. The monoisotopic (exact) mass is 343 g/mol. The molecule has 21 heavy (non-hydrogen) atoms. The molecule has 0 aromatic heterocycles. The van der Waals surface area contributed by atoms with Crippen molar-refractivity contribution in [2.24, 2.45) is 0 Å². The highest BCUT2D eigenvalue weighted by atomic mass is 35.5. The Hall–Kier alpha value is -1.23. The maximum Gasteiger partial charge on any atom is 0.234 e. The predicted molar refractivity (Wildman–Crippen MR) is 87.7 cm³/mol. The molecule has 1 N–H and O–H groups in total. The van der Waals surface area contributed by atoms with Gasteiger partial charge in [-0.1, -0.05) is 41.4 Å². The fourth-order valence-corrected chi connectivity index (χ4v) is 2.95. The minimum atomic E-state index is -0.277. The predicted octanol–water partition coefficient (Wildman–Crippen LogP) is 5.00. The summed E-state index contributed by atoms with van der Waals surface area (Å²) < 4.78 is 13.0. The van der Waals surface area contributed by atoms with E-state index in [9.17, 15) is 9.18 Å². The number of carbonyl (C=O) groups excluding carboxylic acids is 1. The van der Waals surface area contributed by atoms with Crippen molar-refractivity contribution in [3.63, 3.8) is 0 Å². The number of hydrogen-bond donors (Lipinski definition) is 1. The van der Waals surface area contributed by atoms with Gasteiger partial charge in [0.2, 0.25) is 5.91 Å². The van der Waals surface area contributed by atoms with Crippen molar-refractivity contribution >= 4 is 46.6 Å². The average molecular weight is 344 g/mol. The summed E-state index contributed by atoms with van der Waals surface area (Å²) in [5.41, 5.74) is 1.25. The summed E-state index contributed by atoms with van der Waals surface area (Å²) in [5, 5.41) is 3.47. The number of carbonyl (C=O) groups is 1. The van der Waals surface area contributed by atoms with Crippen LogP contribution in [-0.4, -0.2) is 11.7 Å². The van der Waals surface area contributed by atoms with Gasteiger partial charge in [0.05, 0.1) is 21.5 Å². The van der Waals surface area contributed by atoms with Gasteiger partial charge in [-0.25, -0.2) is 4.39 Å². The first-order valence-corrected chi connectivity index (χ1v) is 8.03. The van der Waals surface area contributed by atoms with Gasteiger partial charge in [-0.2, -0.15) is 0 Å². The number of nitrogens with one attached hydrogen (secondary N) is 1. The molecule has 2 aromatic carbocycles. The number of hydrogen-bond acceptors (Lipinski definition) is 2. The van der Waals surface area contributed by atoms with Crippen molar-refractivity contribution < 1.29 is 9.18 Å². The molecule has 0 saturated heterocycles. The second kappa shape index (κ2) is 7.69. The Morgan fingerprint density at radius 3 is 2.48 bits per heavy atom. The van der Waals surface area contributed by atoms with Crippen molar-refractivity contribution in [1.29, 1.82) is 0 Å². The van der Waals surface area contributed by atoms with E-state index < -0.39 is 0 Å². The average Bonchev–Trinajstić information content (AvgIpc) is 2.43. The van der Waals surface area contributed by atoms with E-state index in [1.54, 1.807) is 24.3 Å². The summed E-state index contributed by atoms with van der Waals surface area (Å²) in [6.07, 6.45) is 0. The minimum Gasteiger partial charge on any atom is -0.323 e. The fourth-order valence-electron chi connectivity index (χ4n) is 1.68. The number of thioether (sulfide) groups is 1. The Kier molecular flexibility index (Phi) is 5.91. The Bertz CT molecular complexity index is 631. The molecular weight excluding hydrogens is 332 g/mol. The third-order valence-corrected chi connectivity index (χ3v) is 4.25. The molecule has 0 radical (unpaired) electrons. The van der Waals surface area contributed by atoms with Crippen LogP contribution in [0.15, 0.2) is 42.5 Å². The van der Waals surface area contributed by atoms with Crippen LogP contribution in [0.1, 0.15) is 5.56 Å². The van der Waals surface area contributed by atoms with E-state index in [4.69, 9.17) is 23.2 Å². The van der Waals surface area contributed by atoms with Crippen LogP contribution in [0.25, 0.3) is 0 Å². The number of anilines is 1. The van der Waals surface area contributed by atoms with E-state index >= 15 is 0 Å². The smallest absolute Gasteiger partial charge is 0.234 e. The first kappa shape index (κ1) is 16.1. The van der Waals surface area contributed by atoms with E-state index in [0.29, 0.717) is 21.5 Å². The molecule has 0 saturated carbocycles. The highest BCUT2D eigenvalue weighted by Crippen LogP contribution is 2.29. The summed E-state index contributed by atoms with van der Waals surface area (Å²) in [5.74, 6) is 0.311. The zero-order valence-electron chi connectivity index (χ0n) is 10.9. The molecule has 0 bridgehead atoms. The largest absolute Gasteiger partial charge is 0.323 e. The van der Waals surface area contributed by atoms with Gasteiger partial charge in [0, 0.05) is 5.75 Å². The van der Waals surface area contributed by atoms with E-state index in [2.05, 4.69) is 5.32 Å². The van der Waals surface area contributed by atoms with Crippen LogP contribution in [0.3, 0.4) is 0 Å². The molecule has 0 fully saturated rings. The Morgan fingerprint density at radius 1 is 1.14 bits per heavy atom. The van der Waals surface area contributed by atoms with E-state index in [0.717, 1.165) is 5.56 Å². The number of halogens is 3. The molecule has 1 amide bonds. The molecule has 0 aliphatic rings. The first-order chi connectivity index (χ1) is 10.1. The molecular formula is C15H12Cl2FNOS. The van der Waals surface area contributed by atoms with Crippen molar-refractivity contribution in [1.82, 2.24) is 0 Å². The minimum absolute atomic E-state index is 0.202. The molecule has 0 aliphatic carbocycles. The molecule has 0 atom stereocenters. The van der Waals surface area contributed by atoms with Gasteiger partial charge in [0.1, 0.15) is 5.82 Å². The summed E-state index contributed by atoms with van der Waals surface area (Å²) >= 11 is 13.3. The Labute approximate surface area is 136 Å². The molecule has 2 aromatic rings. The van der Waals surface area contributed by atoms with Crippen LogP contribution in [0.4, 0.5) is 10.1 Å². The molecule has 2 nitrogen and oxygen atoms in total. The number of amides is 1. The van der Waals surface area contributed by atoms with Crippen LogP contribution in [-0.2, 0) is 10.5 Å². The Balaban J connectivity index is 1.85. The second-order valence-electron chi connectivity index (χ2n) is 4.27. The quantitative estimate of drug-likeness (QED) is 0.827. The third kappa shape index (κ3) is 4.92. The zero-order valence-corrected chi connectivity index (χ0v) is 13.2. The fraction of sp³-hybridized carbons (Fsp3) is 0.133. The topological polar surface area (TPSA) is 29.1 Å². The van der Waals surface area contributed by atoms with Crippen LogP contribution in [0.2, 0.25) is 10.0 Å². The van der Waals surface area contributed by atoms with Crippen molar-refractivity contribution in [2.75, 3.05) is 11.1 Å². The number of rotatable bonds is 5. The van der Waals surface area contributed by atoms with Gasteiger partial charge in [-0.05, 0) is 29.8 Å². The first-order valence-electron chi connectivity index (χ1n) is 6.12. The zero-order chi connectivity index (χ0) is 15.2. The highest BCUT2D eigenvalue weighted by molar-refractivity contribution is 7.99. The van der Waals surface area contributed by atoms with E-state index in [-0.39, 0.29) is 17.5 Å². The van der Waals surface area contributed by atoms with Gasteiger partial charge in [0.25, 0.3) is 0 Å². The standard InChI is InChI=1S/C15H12Cl2FNOS/c16-12-5-2-6-13(17)15(12)19-14(20)9-21-8-10-3-1-4-11(18)7-10/h1-7H,8-9H2,(H,19,20). The van der Waals surface area contributed by atoms with Crippen LogP contribution < -0.4 is 5.32 Å². The van der Waals surface area contributed by atoms with Crippen molar-refractivity contribution in [3.05, 3.63) is 63.9 Å². The molecule has 0 unspecified atom stereocenters. The van der Waals surface area contributed by atoms with Gasteiger partial charge in [-0.15, -0.1) is 11.8 Å². The maximum absolute atomic E-state index is 13.0. The summed E-state index contributed by atoms with van der Waals surface area (Å²) in [7, 11) is 0. The van der Waals surface area contributed by atoms with Crippen LogP contribution in [0, 0.1) is 5.82 Å². The summed E-state index contributed by atoms with van der Waals surface area (Å²) in [6.45, 7) is 0. The van der Waals surface area contributed by atoms with Crippen LogP contribution >= 0.6 is 35.0 Å². The molecule has 6 heteroatoms. The lowest BCUT2D eigenvalue weighted by molar-refractivity contribution is -0.113. The van der Waals surface area contributed by atoms with Crippen molar-refractivity contribution in [3.8, 4) is 0 Å². The highest BCUT2D eigenvalue weighted by Gasteiger charge is 2.09. The molecule has 0 aliphatic heterocycles. The SMILES string of the molecule is O=C(CSCc1cccc(F)c1)Nc1c(Cl)cccc1Cl. The lowest BCUT2D eigenvalue weighted by Gasteiger charge is -2.09. The summed E-state index contributed by atoms with van der Waals surface area (Å²) in [6, 6.07) is 11.3. The van der Waals surface area contributed by atoms with Gasteiger partial charge >= 0.3 is 0 Å². The number of benzene rings is 2. The van der Waals surface area contributed by atoms with E-state index in [1.165, 1.54) is 23.9 Å². The van der Waals surface area contributed by atoms with Gasteiger partial charge in [-0.3, -0.25) is 4.79 Å². The molecule has 110 valence electrons. The van der Waals surface area contributed by atoms with Crippen molar-refractivity contribution in [2.45, 2.75) is 5.75 Å². The van der Waals surface area contributed by atoms with Crippen LogP contribution in [0.5, 0.6) is 0 Å². The summed E-state index contributed by atoms with van der Waals surface area (Å²) in [4.78, 5) is 11.9. The lowest BCUT2D eigenvalue weighted by Crippen LogP contribution is -2.14. The third-order valence-electron chi connectivity index (χ3n) is 2.62. The Morgan fingerprint density at radius 2 is 1.81 bits per heavy atom. The van der Waals surface area contributed by atoms with Gasteiger partial charge in [0.15, 0.2) is 0 Å². The second-order valence-corrected chi connectivity index (χ2v) is 6.07. The normalized spacial score (nSPS) is 10.4. The van der Waals surface area contributed by atoms with Gasteiger partial charge < -0.3 is 5.32 Å². The molecule has 2 rings (SSSR count). The number of para-hydroxylation sites is 1. The lowest BCUT2D eigenvalue weighted by atomic mass is 10.2. The molecule has 0 heterocycles. The van der Waals surface area contributed by atoms with E-state index in [1.807, 2.05) is 6.07 Å².